The number of aryl methyl sites for hydroxylation is 1. The molecule has 0 radical (unpaired) electrons. The molecule has 1 atom stereocenters. The number of anilines is 1. The highest BCUT2D eigenvalue weighted by atomic mass is 32.2. The van der Waals surface area contributed by atoms with Gasteiger partial charge in [-0.1, -0.05) is 29.0 Å². The monoisotopic (exact) mass is 486 g/mol. The maximum absolute atomic E-state index is 13.1. The van der Waals surface area contributed by atoms with Crippen LogP contribution in [0.5, 0.6) is 11.5 Å². The quantitative estimate of drug-likeness (QED) is 0.588. The van der Waals surface area contributed by atoms with Gasteiger partial charge in [-0.3, -0.25) is 4.79 Å². The van der Waals surface area contributed by atoms with Crippen molar-refractivity contribution in [3.05, 3.63) is 58.0 Å². The van der Waals surface area contributed by atoms with E-state index >= 15 is 0 Å². The van der Waals surface area contributed by atoms with Gasteiger partial charge >= 0.3 is 0 Å². The summed E-state index contributed by atoms with van der Waals surface area (Å²) >= 11 is 1.19. The Morgan fingerprint density at radius 3 is 2.73 bits per heavy atom. The first-order valence-corrected chi connectivity index (χ1v) is 12.8. The normalized spacial score (nSPS) is 18.3. The SMILES string of the molecule is Cc1ccc(S(=O)(=O)N2CCC[C@H](c3nnc(C(=O)Nc4ccc5c(c4)OCO5)s3)C2)cc1. The van der Waals surface area contributed by atoms with E-state index in [0.717, 1.165) is 12.0 Å². The first-order valence-electron chi connectivity index (χ1n) is 10.5. The van der Waals surface area contributed by atoms with Gasteiger partial charge < -0.3 is 14.8 Å². The van der Waals surface area contributed by atoms with Gasteiger partial charge in [-0.05, 0) is 44.0 Å². The predicted molar refractivity (Wildman–Crippen MR) is 122 cm³/mol. The van der Waals surface area contributed by atoms with E-state index in [-0.39, 0.29) is 28.5 Å². The van der Waals surface area contributed by atoms with E-state index in [0.29, 0.717) is 41.7 Å². The number of hydrogen-bond acceptors (Lipinski definition) is 8. The third-order valence-electron chi connectivity index (χ3n) is 5.66. The van der Waals surface area contributed by atoms with Crippen molar-refractivity contribution in [2.24, 2.45) is 0 Å². The number of nitrogens with one attached hydrogen (secondary N) is 1. The molecule has 5 rings (SSSR count). The molecule has 0 spiro atoms. The van der Waals surface area contributed by atoms with Crippen LogP contribution >= 0.6 is 11.3 Å². The fraction of sp³-hybridized carbons (Fsp3) is 0.318. The molecule has 3 aromatic rings. The molecular formula is C22H22N4O5S2. The molecule has 1 amide bonds. The Kier molecular flexibility index (Phi) is 5.77. The molecule has 1 saturated heterocycles. The van der Waals surface area contributed by atoms with Crippen LogP contribution < -0.4 is 14.8 Å². The fourth-order valence-corrected chi connectivity index (χ4v) is 6.26. The standard InChI is InChI=1S/C22H22N4O5S2/c1-14-4-7-17(8-5-14)33(28,29)26-10-2-3-15(12-26)21-24-25-22(32-21)20(27)23-16-6-9-18-19(11-16)31-13-30-18/h4-9,11,15H,2-3,10,12-13H2,1H3,(H,23,27)/t15-/m0/s1. The number of benzene rings is 2. The maximum Gasteiger partial charge on any atom is 0.286 e. The summed E-state index contributed by atoms with van der Waals surface area (Å²) in [6.07, 6.45) is 1.51. The zero-order valence-corrected chi connectivity index (χ0v) is 19.5. The Morgan fingerprint density at radius 1 is 1.12 bits per heavy atom. The second kappa shape index (κ2) is 8.73. The predicted octanol–water partition coefficient (Wildman–Crippen LogP) is 3.40. The highest BCUT2D eigenvalue weighted by molar-refractivity contribution is 7.89. The maximum atomic E-state index is 13.1. The highest BCUT2D eigenvalue weighted by Gasteiger charge is 2.33. The number of sulfonamides is 1. The van der Waals surface area contributed by atoms with Crippen molar-refractivity contribution in [2.75, 3.05) is 25.2 Å². The molecule has 2 aliphatic rings. The average Bonchev–Trinajstić information content (AvgIpc) is 3.49. The number of hydrogen-bond donors (Lipinski definition) is 1. The summed E-state index contributed by atoms with van der Waals surface area (Å²) in [6.45, 7) is 2.85. The van der Waals surface area contributed by atoms with E-state index in [1.165, 1.54) is 15.6 Å². The second-order valence-corrected chi connectivity index (χ2v) is 10.9. The number of nitrogens with zero attached hydrogens (tertiary/aromatic N) is 3. The van der Waals surface area contributed by atoms with Gasteiger partial charge in [-0.15, -0.1) is 10.2 Å². The summed E-state index contributed by atoms with van der Waals surface area (Å²) in [7, 11) is -3.59. The van der Waals surface area contributed by atoms with Gasteiger partial charge in [-0.25, -0.2) is 8.42 Å². The Labute approximate surface area is 195 Å². The van der Waals surface area contributed by atoms with Crippen LogP contribution in [-0.2, 0) is 10.0 Å². The third kappa shape index (κ3) is 4.43. The minimum absolute atomic E-state index is 0.108. The summed E-state index contributed by atoms with van der Waals surface area (Å²) < 4.78 is 38.3. The summed E-state index contributed by atoms with van der Waals surface area (Å²) in [5.41, 5.74) is 1.57. The van der Waals surface area contributed by atoms with E-state index in [9.17, 15) is 13.2 Å². The van der Waals surface area contributed by atoms with E-state index in [1.54, 1.807) is 42.5 Å². The van der Waals surface area contributed by atoms with Crippen LogP contribution in [-0.4, -0.2) is 48.7 Å². The van der Waals surface area contributed by atoms with Crippen molar-refractivity contribution in [1.29, 1.82) is 0 Å². The summed E-state index contributed by atoms with van der Waals surface area (Å²) in [4.78, 5) is 13.0. The molecule has 3 heterocycles. The van der Waals surface area contributed by atoms with E-state index in [1.807, 2.05) is 6.92 Å². The molecular weight excluding hydrogens is 464 g/mol. The number of piperidine rings is 1. The minimum Gasteiger partial charge on any atom is -0.454 e. The van der Waals surface area contributed by atoms with Crippen molar-refractivity contribution in [3.8, 4) is 11.5 Å². The van der Waals surface area contributed by atoms with Crippen molar-refractivity contribution in [1.82, 2.24) is 14.5 Å². The van der Waals surface area contributed by atoms with Crippen molar-refractivity contribution < 1.29 is 22.7 Å². The zero-order valence-electron chi connectivity index (χ0n) is 17.9. The lowest BCUT2D eigenvalue weighted by Crippen LogP contribution is -2.39. The number of rotatable bonds is 5. The Balaban J connectivity index is 1.28. The lowest BCUT2D eigenvalue weighted by atomic mass is 10.0. The second-order valence-electron chi connectivity index (χ2n) is 7.98. The van der Waals surface area contributed by atoms with Crippen LogP contribution in [0.1, 0.15) is 39.1 Å². The van der Waals surface area contributed by atoms with Crippen LogP contribution in [0, 0.1) is 6.92 Å². The molecule has 2 aromatic carbocycles. The number of fused-ring (bicyclic) bond motifs is 1. The molecule has 9 nitrogen and oxygen atoms in total. The molecule has 11 heteroatoms. The van der Waals surface area contributed by atoms with Crippen LogP contribution in [0.2, 0.25) is 0 Å². The van der Waals surface area contributed by atoms with Gasteiger partial charge in [-0.2, -0.15) is 4.31 Å². The molecule has 0 saturated carbocycles. The highest BCUT2D eigenvalue weighted by Crippen LogP contribution is 2.35. The Hall–Kier alpha value is -3.02. The van der Waals surface area contributed by atoms with Crippen molar-refractivity contribution in [3.63, 3.8) is 0 Å². The van der Waals surface area contributed by atoms with Crippen molar-refractivity contribution in [2.45, 2.75) is 30.6 Å². The first-order chi connectivity index (χ1) is 15.9. The molecule has 0 unspecified atom stereocenters. The van der Waals surface area contributed by atoms with Crippen LogP contribution in [0.4, 0.5) is 5.69 Å². The topological polar surface area (TPSA) is 111 Å². The smallest absolute Gasteiger partial charge is 0.286 e. The van der Waals surface area contributed by atoms with Crippen molar-refractivity contribution >= 4 is 33.0 Å². The summed E-state index contributed by atoms with van der Waals surface area (Å²) in [6, 6.07) is 12.0. The Bertz CT molecular complexity index is 1290. The molecule has 2 aliphatic heterocycles. The first kappa shape index (κ1) is 21.8. The third-order valence-corrected chi connectivity index (χ3v) is 8.62. The molecule has 1 N–H and O–H groups in total. The minimum atomic E-state index is -3.59. The van der Waals surface area contributed by atoms with E-state index < -0.39 is 10.0 Å². The molecule has 1 fully saturated rings. The number of carbonyl (C=O) groups excluding carboxylic acids is 1. The van der Waals surface area contributed by atoms with E-state index in [4.69, 9.17) is 9.47 Å². The van der Waals surface area contributed by atoms with Gasteiger partial charge in [0.1, 0.15) is 5.01 Å². The summed E-state index contributed by atoms with van der Waals surface area (Å²) in [5.74, 6) is 0.720. The molecule has 172 valence electrons. The van der Waals surface area contributed by atoms with Gasteiger partial charge in [0.2, 0.25) is 21.8 Å². The van der Waals surface area contributed by atoms with Gasteiger partial charge in [0.15, 0.2) is 11.5 Å². The Morgan fingerprint density at radius 2 is 1.91 bits per heavy atom. The molecule has 0 aliphatic carbocycles. The largest absolute Gasteiger partial charge is 0.454 e. The van der Waals surface area contributed by atoms with Gasteiger partial charge in [0.05, 0.1) is 4.90 Å². The van der Waals surface area contributed by atoms with Gasteiger partial charge in [0, 0.05) is 30.8 Å². The lowest BCUT2D eigenvalue weighted by molar-refractivity contribution is 0.102. The van der Waals surface area contributed by atoms with Crippen LogP contribution in [0.15, 0.2) is 47.4 Å². The number of amides is 1. The fourth-order valence-electron chi connectivity index (χ4n) is 3.87. The van der Waals surface area contributed by atoms with Gasteiger partial charge in [0.25, 0.3) is 5.91 Å². The molecule has 1 aromatic heterocycles. The molecule has 0 bridgehead atoms. The lowest BCUT2D eigenvalue weighted by Gasteiger charge is -2.30. The number of aromatic nitrogens is 2. The van der Waals surface area contributed by atoms with Crippen LogP contribution in [0.3, 0.4) is 0 Å². The summed E-state index contributed by atoms with van der Waals surface area (Å²) in [5, 5.41) is 11.9. The number of ether oxygens (including phenoxy) is 2. The average molecular weight is 487 g/mol. The van der Waals surface area contributed by atoms with E-state index in [2.05, 4.69) is 15.5 Å². The number of carbonyl (C=O) groups is 1. The molecule has 33 heavy (non-hydrogen) atoms. The van der Waals surface area contributed by atoms with Crippen LogP contribution in [0.25, 0.3) is 0 Å². The zero-order chi connectivity index (χ0) is 23.0.